The lowest BCUT2D eigenvalue weighted by Gasteiger charge is -2.06. The van der Waals surface area contributed by atoms with E-state index >= 15 is 0 Å². The number of aryl methyl sites for hydroxylation is 2. The van der Waals surface area contributed by atoms with Crippen molar-refractivity contribution in [1.29, 1.82) is 0 Å². The zero-order valence-electron chi connectivity index (χ0n) is 12.3. The van der Waals surface area contributed by atoms with Crippen LogP contribution >= 0.6 is 11.6 Å². The van der Waals surface area contributed by atoms with E-state index in [-0.39, 0.29) is 18.0 Å². The molecule has 0 aliphatic heterocycles. The van der Waals surface area contributed by atoms with E-state index in [1.54, 1.807) is 10.9 Å². The van der Waals surface area contributed by atoms with Crippen molar-refractivity contribution >= 4 is 29.1 Å². The van der Waals surface area contributed by atoms with Gasteiger partial charge in [-0.2, -0.15) is 10.2 Å². The summed E-state index contributed by atoms with van der Waals surface area (Å²) in [6, 6.07) is 0. The van der Waals surface area contributed by atoms with E-state index in [1.165, 1.54) is 10.9 Å². The number of anilines is 1. The van der Waals surface area contributed by atoms with Crippen LogP contribution in [0.3, 0.4) is 0 Å². The Morgan fingerprint density at radius 2 is 2.18 bits per heavy atom. The lowest BCUT2D eigenvalue weighted by molar-refractivity contribution is -0.116. The molecule has 0 atom stereocenters. The van der Waals surface area contributed by atoms with Gasteiger partial charge in [-0.15, -0.1) is 0 Å². The minimum atomic E-state index is -0.683. The second kappa shape index (κ2) is 6.61. The highest BCUT2D eigenvalue weighted by molar-refractivity contribution is 6.31. The maximum absolute atomic E-state index is 12.0. The molecule has 0 spiro atoms. The number of carbonyl (C=O) groups is 2. The van der Waals surface area contributed by atoms with Crippen molar-refractivity contribution in [2.24, 2.45) is 5.73 Å². The molecule has 9 heteroatoms. The van der Waals surface area contributed by atoms with E-state index in [4.69, 9.17) is 17.3 Å². The third-order valence-electron chi connectivity index (χ3n) is 3.19. The lowest BCUT2D eigenvalue weighted by Crippen LogP contribution is -2.19. The molecule has 0 fully saturated rings. The number of rotatable bonds is 6. The summed E-state index contributed by atoms with van der Waals surface area (Å²) in [5, 5.41) is 11.3. The first-order valence-electron chi connectivity index (χ1n) is 6.77. The van der Waals surface area contributed by atoms with E-state index < -0.39 is 5.91 Å². The number of halogens is 1. The third kappa shape index (κ3) is 3.45. The van der Waals surface area contributed by atoms with Crippen LogP contribution in [0.5, 0.6) is 0 Å². The summed E-state index contributed by atoms with van der Waals surface area (Å²) in [6.07, 6.45) is 3.30. The largest absolute Gasteiger partial charge is 0.364 e. The first kappa shape index (κ1) is 16.0. The fourth-order valence-electron chi connectivity index (χ4n) is 1.93. The van der Waals surface area contributed by atoms with Gasteiger partial charge in [0.15, 0.2) is 5.69 Å². The molecule has 8 nitrogen and oxygen atoms in total. The molecule has 2 aromatic heterocycles. The summed E-state index contributed by atoms with van der Waals surface area (Å²) in [4.78, 5) is 23.3. The Kier molecular flexibility index (Phi) is 4.81. The average Bonchev–Trinajstić information content (AvgIpc) is 3.02. The molecule has 2 heterocycles. The highest BCUT2D eigenvalue weighted by Gasteiger charge is 2.16. The van der Waals surface area contributed by atoms with Crippen molar-refractivity contribution < 1.29 is 9.59 Å². The Morgan fingerprint density at radius 1 is 1.45 bits per heavy atom. The molecule has 0 bridgehead atoms. The topological polar surface area (TPSA) is 108 Å². The molecule has 118 valence electrons. The van der Waals surface area contributed by atoms with Crippen LogP contribution in [0, 0.1) is 6.92 Å². The standard InChI is InChI=1S/C13H17ClN6O2/c1-3-19-7-10(12(18-19)13(15)22)17-11(21)4-5-20-8(2)9(14)6-16-20/h6-7H,3-5H2,1-2H3,(H2,15,22)(H,17,21). The summed E-state index contributed by atoms with van der Waals surface area (Å²) >= 11 is 5.90. The summed E-state index contributed by atoms with van der Waals surface area (Å²) in [6.45, 7) is 4.65. The number of hydrogen-bond acceptors (Lipinski definition) is 4. The Morgan fingerprint density at radius 3 is 2.73 bits per heavy atom. The molecule has 0 aliphatic carbocycles. The van der Waals surface area contributed by atoms with Gasteiger partial charge in [-0.05, 0) is 13.8 Å². The highest BCUT2D eigenvalue weighted by atomic mass is 35.5. The van der Waals surface area contributed by atoms with E-state index in [1.807, 2.05) is 13.8 Å². The van der Waals surface area contributed by atoms with E-state index in [0.29, 0.717) is 23.8 Å². The van der Waals surface area contributed by atoms with Crippen molar-refractivity contribution in [3.8, 4) is 0 Å². The Hall–Kier alpha value is -2.35. The van der Waals surface area contributed by atoms with Crippen molar-refractivity contribution in [1.82, 2.24) is 19.6 Å². The van der Waals surface area contributed by atoms with Crippen molar-refractivity contribution in [3.05, 3.63) is 28.8 Å². The van der Waals surface area contributed by atoms with Crippen LogP contribution in [0.15, 0.2) is 12.4 Å². The number of hydrogen-bond donors (Lipinski definition) is 2. The molecule has 2 aromatic rings. The summed E-state index contributed by atoms with van der Waals surface area (Å²) in [7, 11) is 0. The molecule has 0 aromatic carbocycles. The average molecular weight is 325 g/mol. The smallest absolute Gasteiger partial charge is 0.271 e. The molecule has 22 heavy (non-hydrogen) atoms. The Balaban J connectivity index is 2.01. The summed E-state index contributed by atoms with van der Waals surface area (Å²) < 4.78 is 3.18. The lowest BCUT2D eigenvalue weighted by atomic mass is 10.3. The normalized spacial score (nSPS) is 10.7. The van der Waals surface area contributed by atoms with Crippen LogP contribution < -0.4 is 11.1 Å². The zero-order valence-corrected chi connectivity index (χ0v) is 13.1. The van der Waals surface area contributed by atoms with Gasteiger partial charge in [0.05, 0.1) is 29.1 Å². The van der Waals surface area contributed by atoms with Gasteiger partial charge in [0.25, 0.3) is 5.91 Å². The SMILES string of the molecule is CCn1cc(NC(=O)CCn2ncc(Cl)c2C)c(C(N)=O)n1. The molecule has 3 N–H and O–H groups in total. The maximum atomic E-state index is 12.0. The number of amides is 2. The first-order valence-corrected chi connectivity index (χ1v) is 7.15. The second-order valence-electron chi connectivity index (χ2n) is 4.71. The van der Waals surface area contributed by atoms with Gasteiger partial charge in [0.2, 0.25) is 5.91 Å². The van der Waals surface area contributed by atoms with Gasteiger partial charge >= 0.3 is 0 Å². The van der Waals surface area contributed by atoms with Crippen molar-refractivity contribution in [2.75, 3.05) is 5.32 Å². The number of nitrogens with one attached hydrogen (secondary N) is 1. The maximum Gasteiger partial charge on any atom is 0.271 e. The van der Waals surface area contributed by atoms with Gasteiger partial charge in [0.1, 0.15) is 0 Å². The minimum Gasteiger partial charge on any atom is -0.364 e. The van der Waals surface area contributed by atoms with Gasteiger partial charge in [0, 0.05) is 19.2 Å². The number of aromatic nitrogens is 4. The third-order valence-corrected chi connectivity index (χ3v) is 3.56. The predicted octanol–water partition coefficient (Wildman–Crippen LogP) is 1.19. The predicted molar refractivity (Wildman–Crippen MR) is 81.6 cm³/mol. The monoisotopic (exact) mass is 324 g/mol. The second-order valence-corrected chi connectivity index (χ2v) is 5.12. The van der Waals surface area contributed by atoms with Gasteiger partial charge in [-0.3, -0.25) is 19.0 Å². The van der Waals surface area contributed by atoms with Crippen LogP contribution in [0.1, 0.15) is 29.5 Å². The molecule has 2 rings (SSSR count). The molecule has 2 amide bonds. The van der Waals surface area contributed by atoms with Crippen LogP contribution in [-0.2, 0) is 17.9 Å². The van der Waals surface area contributed by atoms with E-state index in [0.717, 1.165) is 5.69 Å². The van der Waals surface area contributed by atoms with E-state index in [9.17, 15) is 9.59 Å². The number of nitrogens with two attached hydrogens (primary N) is 1. The summed E-state index contributed by atoms with van der Waals surface area (Å²) in [5.74, 6) is -0.943. The molecular weight excluding hydrogens is 308 g/mol. The van der Waals surface area contributed by atoms with Crippen LogP contribution in [0.2, 0.25) is 5.02 Å². The van der Waals surface area contributed by atoms with Gasteiger partial charge < -0.3 is 11.1 Å². The molecule has 0 aliphatic rings. The van der Waals surface area contributed by atoms with Crippen LogP contribution in [0.25, 0.3) is 0 Å². The van der Waals surface area contributed by atoms with Gasteiger partial charge in [-0.1, -0.05) is 11.6 Å². The van der Waals surface area contributed by atoms with E-state index in [2.05, 4.69) is 15.5 Å². The van der Waals surface area contributed by atoms with Crippen LogP contribution in [0.4, 0.5) is 5.69 Å². The Labute approximate surface area is 132 Å². The number of nitrogens with zero attached hydrogens (tertiary/aromatic N) is 4. The highest BCUT2D eigenvalue weighted by Crippen LogP contribution is 2.15. The molecule has 0 saturated heterocycles. The summed E-state index contributed by atoms with van der Waals surface area (Å²) in [5.41, 5.74) is 6.41. The van der Waals surface area contributed by atoms with Gasteiger partial charge in [-0.25, -0.2) is 0 Å². The quantitative estimate of drug-likeness (QED) is 0.832. The Bertz CT molecular complexity index is 705. The fourth-order valence-corrected chi connectivity index (χ4v) is 2.07. The van der Waals surface area contributed by atoms with Crippen molar-refractivity contribution in [3.63, 3.8) is 0 Å². The molecule has 0 radical (unpaired) electrons. The fraction of sp³-hybridized carbons (Fsp3) is 0.385. The van der Waals surface area contributed by atoms with Crippen LogP contribution in [-0.4, -0.2) is 31.4 Å². The number of carbonyl (C=O) groups excluding carboxylic acids is 2. The first-order chi connectivity index (χ1) is 10.4. The van der Waals surface area contributed by atoms with Crippen molar-refractivity contribution in [2.45, 2.75) is 33.4 Å². The number of primary amides is 1. The zero-order chi connectivity index (χ0) is 16.3. The molecular formula is C13H17ClN6O2. The molecule has 0 saturated carbocycles. The minimum absolute atomic E-state index is 0.0496. The molecule has 0 unspecified atom stereocenters.